The fourth-order valence-electron chi connectivity index (χ4n) is 3.71. The summed E-state index contributed by atoms with van der Waals surface area (Å²) < 4.78 is 5.30. The molecule has 3 rings (SSSR count). The third kappa shape index (κ3) is 3.09. The molecule has 120 valence electrons. The summed E-state index contributed by atoms with van der Waals surface area (Å²) in [4.78, 5) is 13.9. The summed E-state index contributed by atoms with van der Waals surface area (Å²) in [5.74, 6) is 0.827. The third-order valence-electron chi connectivity index (χ3n) is 4.91. The molecule has 0 heterocycles. The Morgan fingerprint density at radius 2 is 1.83 bits per heavy atom. The smallest absolute Gasteiger partial charge is 0.210 e. The van der Waals surface area contributed by atoms with Crippen LogP contribution in [0.25, 0.3) is 0 Å². The maximum absolute atomic E-state index is 11.9. The Kier molecular flexibility index (Phi) is 4.65. The molecular weight excluding hydrogens is 286 g/mol. The van der Waals surface area contributed by atoms with Crippen molar-refractivity contribution in [3.05, 3.63) is 65.7 Å². The Labute approximate surface area is 137 Å². The van der Waals surface area contributed by atoms with E-state index in [0.29, 0.717) is 6.54 Å². The largest absolute Gasteiger partial charge is 0.497 e. The Morgan fingerprint density at radius 1 is 1.09 bits per heavy atom. The van der Waals surface area contributed by atoms with E-state index < -0.39 is 0 Å². The molecule has 1 aliphatic rings. The van der Waals surface area contributed by atoms with Gasteiger partial charge in [0.1, 0.15) is 5.75 Å². The van der Waals surface area contributed by atoms with Crippen molar-refractivity contribution in [2.24, 2.45) is 0 Å². The number of carbonyl (C=O) groups excluding carboxylic acids is 1. The Bertz CT molecular complexity index is 648. The highest BCUT2D eigenvalue weighted by molar-refractivity contribution is 5.51. The molecular formula is C20H23NO2. The second-order valence-corrected chi connectivity index (χ2v) is 6.19. The first kappa shape index (κ1) is 15.6. The molecule has 3 heteroatoms. The molecule has 1 amide bonds. The quantitative estimate of drug-likeness (QED) is 0.751. The molecule has 2 aromatic rings. The molecule has 0 aliphatic heterocycles. The summed E-state index contributed by atoms with van der Waals surface area (Å²) in [7, 11) is 1.67. The molecule has 1 aliphatic carbocycles. The topological polar surface area (TPSA) is 29.5 Å². The van der Waals surface area contributed by atoms with Crippen LogP contribution in [-0.4, -0.2) is 18.4 Å². The summed E-state index contributed by atoms with van der Waals surface area (Å²) in [6, 6.07) is 18.4. The van der Waals surface area contributed by atoms with E-state index in [-0.39, 0.29) is 5.54 Å². The normalized spacial score (nSPS) is 16.0. The molecule has 0 aromatic heterocycles. The highest BCUT2D eigenvalue weighted by atomic mass is 16.5. The van der Waals surface area contributed by atoms with Crippen LogP contribution in [0.15, 0.2) is 54.6 Å². The molecule has 23 heavy (non-hydrogen) atoms. The zero-order chi connectivity index (χ0) is 16.1. The van der Waals surface area contributed by atoms with Crippen molar-refractivity contribution in [3.8, 4) is 5.75 Å². The van der Waals surface area contributed by atoms with Crippen LogP contribution < -0.4 is 4.74 Å². The monoisotopic (exact) mass is 309 g/mol. The average Bonchev–Trinajstić information content (AvgIpc) is 3.11. The van der Waals surface area contributed by atoms with Crippen molar-refractivity contribution < 1.29 is 9.53 Å². The maximum atomic E-state index is 11.9. The molecule has 0 radical (unpaired) electrons. The van der Waals surface area contributed by atoms with Crippen molar-refractivity contribution in [1.82, 2.24) is 4.90 Å². The fourth-order valence-corrected chi connectivity index (χ4v) is 3.71. The van der Waals surface area contributed by atoms with E-state index in [1.54, 1.807) is 7.11 Å². The minimum Gasteiger partial charge on any atom is -0.497 e. The van der Waals surface area contributed by atoms with Crippen LogP contribution in [0, 0.1) is 0 Å². The van der Waals surface area contributed by atoms with Crippen LogP contribution in [0.4, 0.5) is 0 Å². The minimum absolute atomic E-state index is 0.175. The number of methoxy groups -OCH3 is 1. The first-order valence-electron chi connectivity index (χ1n) is 8.19. The number of amides is 1. The van der Waals surface area contributed by atoms with Gasteiger partial charge in [0.15, 0.2) is 0 Å². The van der Waals surface area contributed by atoms with E-state index in [0.717, 1.165) is 43.4 Å². The van der Waals surface area contributed by atoms with Gasteiger partial charge in [0, 0.05) is 6.54 Å². The number of hydrogen-bond donors (Lipinski definition) is 0. The van der Waals surface area contributed by atoms with Crippen molar-refractivity contribution in [2.75, 3.05) is 7.11 Å². The standard InChI is InChI=1S/C20H23NO2/c1-23-19-11-7-8-17(14-19)15-21(16-22)20(12-5-6-13-20)18-9-3-2-4-10-18/h2-4,7-11,14,16H,5-6,12-13,15H2,1H3. The van der Waals surface area contributed by atoms with Crippen molar-refractivity contribution in [2.45, 2.75) is 37.8 Å². The lowest BCUT2D eigenvalue weighted by Crippen LogP contribution is -2.42. The summed E-state index contributed by atoms with van der Waals surface area (Å²) in [6.45, 7) is 0.607. The summed E-state index contributed by atoms with van der Waals surface area (Å²) >= 11 is 0. The van der Waals surface area contributed by atoms with Crippen LogP contribution in [-0.2, 0) is 16.9 Å². The van der Waals surface area contributed by atoms with Gasteiger partial charge in [0.25, 0.3) is 0 Å². The van der Waals surface area contributed by atoms with Crippen LogP contribution in [0.2, 0.25) is 0 Å². The van der Waals surface area contributed by atoms with Gasteiger partial charge < -0.3 is 9.64 Å². The summed E-state index contributed by atoms with van der Waals surface area (Å²) in [5.41, 5.74) is 2.16. The van der Waals surface area contributed by atoms with Gasteiger partial charge in [-0.2, -0.15) is 0 Å². The van der Waals surface area contributed by atoms with E-state index in [1.165, 1.54) is 5.56 Å². The lowest BCUT2D eigenvalue weighted by molar-refractivity contribution is -0.125. The Morgan fingerprint density at radius 3 is 2.48 bits per heavy atom. The van der Waals surface area contributed by atoms with E-state index >= 15 is 0 Å². The highest BCUT2D eigenvalue weighted by Crippen LogP contribution is 2.44. The van der Waals surface area contributed by atoms with Gasteiger partial charge in [0.2, 0.25) is 6.41 Å². The molecule has 0 bridgehead atoms. The van der Waals surface area contributed by atoms with Gasteiger partial charge in [-0.15, -0.1) is 0 Å². The molecule has 3 nitrogen and oxygen atoms in total. The minimum atomic E-state index is -0.175. The SMILES string of the molecule is COc1cccc(CN(C=O)C2(c3ccccc3)CCCC2)c1. The van der Waals surface area contributed by atoms with E-state index in [2.05, 4.69) is 24.3 Å². The predicted octanol–water partition coefficient (Wildman–Crippen LogP) is 4.12. The van der Waals surface area contributed by atoms with E-state index in [9.17, 15) is 4.79 Å². The molecule has 0 unspecified atom stereocenters. The zero-order valence-corrected chi connectivity index (χ0v) is 13.6. The maximum Gasteiger partial charge on any atom is 0.210 e. The van der Waals surface area contributed by atoms with Gasteiger partial charge in [-0.25, -0.2) is 0 Å². The third-order valence-corrected chi connectivity index (χ3v) is 4.91. The Hall–Kier alpha value is -2.29. The predicted molar refractivity (Wildman–Crippen MR) is 91.2 cm³/mol. The molecule has 0 spiro atoms. The number of hydrogen-bond acceptors (Lipinski definition) is 2. The number of ether oxygens (including phenoxy) is 1. The van der Waals surface area contributed by atoms with Crippen LogP contribution in [0.1, 0.15) is 36.8 Å². The molecule has 1 saturated carbocycles. The van der Waals surface area contributed by atoms with Gasteiger partial charge >= 0.3 is 0 Å². The molecule has 0 atom stereocenters. The lowest BCUT2D eigenvalue weighted by Gasteiger charge is -2.39. The second-order valence-electron chi connectivity index (χ2n) is 6.19. The highest BCUT2D eigenvalue weighted by Gasteiger charge is 2.40. The van der Waals surface area contributed by atoms with Crippen molar-refractivity contribution >= 4 is 6.41 Å². The number of nitrogens with zero attached hydrogens (tertiary/aromatic N) is 1. The van der Waals surface area contributed by atoms with Gasteiger partial charge in [0.05, 0.1) is 12.6 Å². The van der Waals surface area contributed by atoms with Crippen LogP contribution >= 0.6 is 0 Å². The van der Waals surface area contributed by atoms with Crippen LogP contribution in [0.5, 0.6) is 5.75 Å². The van der Waals surface area contributed by atoms with E-state index in [1.807, 2.05) is 35.2 Å². The molecule has 1 fully saturated rings. The molecule has 0 saturated heterocycles. The van der Waals surface area contributed by atoms with Crippen molar-refractivity contribution in [3.63, 3.8) is 0 Å². The molecule has 0 N–H and O–H groups in total. The zero-order valence-electron chi connectivity index (χ0n) is 13.6. The van der Waals surface area contributed by atoms with Gasteiger partial charge in [-0.3, -0.25) is 4.79 Å². The van der Waals surface area contributed by atoms with Crippen molar-refractivity contribution in [1.29, 1.82) is 0 Å². The number of rotatable bonds is 6. The number of carbonyl (C=O) groups is 1. The average molecular weight is 309 g/mol. The second kappa shape index (κ2) is 6.86. The first-order chi connectivity index (χ1) is 11.3. The Balaban J connectivity index is 1.92. The van der Waals surface area contributed by atoms with Gasteiger partial charge in [-0.1, -0.05) is 55.3 Å². The van der Waals surface area contributed by atoms with Crippen LogP contribution in [0.3, 0.4) is 0 Å². The lowest BCUT2D eigenvalue weighted by atomic mass is 9.86. The first-order valence-corrected chi connectivity index (χ1v) is 8.19. The number of benzene rings is 2. The van der Waals surface area contributed by atoms with Gasteiger partial charge in [-0.05, 0) is 36.1 Å². The summed E-state index contributed by atoms with van der Waals surface area (Å²) in [5, 5.41) is 0. The summed E-state index contributed by atoms with van der Waals surface area (Å²) in [6.07, 6.45) is 5.39. The molecule has 2 aromatic carbocycles. The van der Waals surface area contributed by atoms with E-state index in [4.69, 9.17) is 4.74 Å². The fraction of sp³-hybridized carbons (Fsp3) is 0.350.